The van der Waals surface area contributed by atoms with Gasteiger partial charge in [0.1, 0.15) is 0 Å². The van der Waals surface area contributed by atoms with E-state index in [1.807, 2.05) is 43.0 Å². The first-order chi connectivity index (χ1) is 14.9. The van der Waals surface area contributed by atoms with Crippen molar-refractivity contribution in [3.05, 3.63) is 53.1 Å². The summed E-state index contributed by atoms with van der Waals surface area (Å²) in [5.74, 6) is -0.0790. The Morgan fingerprint density at radius 3 is 2.35 bits per heavy atom. The first-order valence-corrected chi connectivity index (χ1v) is 10.9. The summed E-state index contributed by atoms with van der Waals surface area (Å²) in [7, 11) is 0. The van der Waals surface area contributed by atoms with E-state index in [1.165, 1.54) is 4.90 Å². The molecule has 3 amide bonds. The predicted molar refractivity (Wildman–Crippen MR) is 116 cm³/mol. The van der Waals surface area contributed by atoms with Gasteiger partial charge in [-0.25, -0.2) is 0 Å². The van der Waals surface area contributed by atoms with Crippen LogP contribution in [0.5, 0.6) is 0 Å². The molecule has 31 heavy (non-hydrogen) atoms. The molecule has 164 valence electrons. The summed E-state index contributed by atoms with van der Waals surface area (Å²) in [6.45, 7) is 8.54. The van der Waals surface area contributed by atoms with Gasteiger partial charge in [0.15, 0.2) is 0 Å². The first kappa shape index (κ1) is 21.2. The Kier molecular flexibility index (Phi) is 6.18. The van der Waals surface area contributed by atoms with Gasteiger partial charge in [-0.05, 0) is 32.0 Å². The summed E-state index contributed by atoms with van der Waals surface area (Å²) in [5.41, 5.74) is 3.72. The highest BCUT2D eigenvalue weighted by atomic mass is 16.2. The highest BCUT2D eigenvalue weighted by Gasteiger charge is 2.30. The molecule has 0 N–H and O–H groups in total. The van der Waals surface area contributed by atoms with Crippen LogP contribution in [0.25, 0.3) is 0 Å². The van der Waals surface area contributed by atoms with Crippen molar-refractivity contribution in [3.8, 4) is 0 Å². The average Bonchev–Trinajstić information content (AvgIpc) is 3.25. The number of amides is 3. The van der Waals surface area contributed by atoms with Crippen LogP contribution in [-0.4, -0.2) is 81.2 Å². The third-order valence-electron chi connectivity index (χ3n) is 6.30. The molecule has 0 spiro atoms. The normalized spacial score (nSPS) is 17.6. The fraction of sp³-hybridized carbons (Fsp3) is 0.478. The Labute approximate surface area is 182 Å². The van der Waals surface area contributed by atoms with Gasteiger partial charge in [-0.1, -0.05) is 6.07 Å². The van der Waals surface area contributed by atoms with E-state index in [0.29, 0.717) is 45.6 Å². The highest BCUT2D eigenvalue weighted by Crippen LogP contribution is 2.19. The number of pyridine rings is 1. The number of aryl methyl sites for hydroxylation is 1. The van der Waals surface area contributed by atoms with Crippen LogP contribution in [0.2, 0.25) is 0 Å². The van der Waals surface area contributed by atoms with Gasteiger partial charge < -0.3 is 9.47 Å². The molecule has 2 saturated heterocycles. The molecule has 0 unspecified atom stereocenters. The second kappa shape index (κ2) is 9.01. The zero-order chi connectivity index (χ0) is 22.0. The molecule has 2 aliphatic heterocycles. The maximum atomic E-state index is 13.2. The van der Waals surface area contributed by atoms with Crippen molar-refractivity contribution in [1.82, 2.24) is 24.3 Å². The summed E-state index contributed by atoms with van der Waals surface area (Å²) in [4.78, 5) is 46.6. The lowest BCUT2D eigenvalue weighted by atomic mass is 10.2. The Morgan fingerprint density at radius 1 is 1.00 bits per heavy atom. The zero-order valence-corrected chi connectivity index (χ0v) is 18.2. The van der Waals surface area contributed by atoms with Crippen LogP contribution >= 0.6 is 0 Å². The van der Waals surface area contributed by atoms with Crippen molar-refractivity contribution in [2.24, 2.45) is 0 Å². The van der Waals surface area contributed by atoms with Gasteiger partial charge in [0.2, 0.25) is 11.8 Å². The van der Waals surface area contributed by atoms with E-state index in [0.717, 1.165) is 35.7 Å². The molecular formula is C23H29N5O3. The zero-order valence-electron chi connectivity index (χ0n) is 18.2. The SMILES string of the molecule is Cc1cc(C(=O)N2CCN(CCN3C(=O)CCC3=O)CC2)c(C)n1Cc1ccccn1. The number of aromatic nitrogens is 2. The minimum Gasteiger partial charge on any atom is -0.342 e. The Balaban J connectivity index is 1.34. The average molecular weight is 424 g/mol. The van der Waals surface area contributed by atoms with Crippen LogP contribution in [0.4, 0.5) is 0 Å². The van der Waals surface area contributed by atoms with E-state index in [9.17, 15) is 14.4 Å². The number of rotatable bonds is 6. The third kappa shape index (κ3) is 4.54. The van der Waals surface area contributed by atoms with Crippen LogP contribution in [0, 0.1) is 13.8 Å². The number of carbonyl (C=O) groups excluding carboxylic acids is 3. The summed E-state index contributed by atoms with van der Waals surface area (Å²) in [6, 6.07) is 7.83. The number of carbonyl (C=O) groups is 3. The number of hydrogen-bond acceptors (Lipinski definition) is 5. The van der Waals surface area contributed by atoms with E-state index < -0.39 is 0 Å². The van der Waals surface area contributed by atoms with E-state index in [2.05, 4.69) is 14.5 Å². The Bertz CT molecular complexity index is 961. The Morgan fingerprint density at radius 2 is 1.71 bits per heavy atom. The molecule has 0 atom stereocenters. The van der Waals surface area contributed by atoms with E-state index in [-0.39, 0.29) is 17.7 Å². The van der Waals surface area contributed by atoms with Gasteiger partial charge in [-0.15, -0.1) is 0 Å². The summed E-state index contributed by atoms with van der Waals surface area (Å²) >= 11 is 0. The molecule has 2 aliphatic rings. The lowest BCUT2D eigenvalue weighted by molar-refractivity contribution is -0.138. The molecule has 2 aromatic rings. The summed E-state index contributed by atoms with van der Waals surface area (Å²) in [6.07, 6.45) is 2.45. The van der Waals surface area contributed by atoms with Crippen LogP contribution in [0.1, 0.15) is 40.3 Å². The largest absolute Gasteiger partial charge is 0.342 e. The summed E-state index contributed by atoms with van der Waals surface area (Å²) < 4.78 is 2.13. The van der Waals surface area contributed by atoms with Crippen LogP contribution < -0.4 is 0 Å². The smallest absolute Gasteiger partial charge is 0.255 e. The maximum Gasteiger partial charge on any atom is 0.255 e. The molecule has 8 heteroatoms. The quantitative estimate of drug-likeness (QED) is 0.658. The molecule has 2 fully saturated rings. The minimum absolute atomic E-state index is 0.0601. The molecule has 2 aromatic heterocycles. The molecule has 0 aliphatic carbocycles. The number of imide groups is 1. The second-order valence-corrected chi connectivity index (χ2v) is 8.26. The van der Waals surface area contributed by atoms with Gasteiger partial charge in [-0.2, -0.15) is 0 Å². The minimum atomic E-state index is -0.0696. The lowest BCUT2D eigenvalue weighted by Crippen LogP contribution is -2.50. The molecule has 0 aromatic carbocycles. The molecule has 4 heterocycles. The van der Waals surface area contributed by atoms with Gasteiger partial charge in [0.25, 0.3) is 5.91 Å². The van der Waals surface area contributed by atoms with Gasteiger partial charge in [-0.3, -0.25) is 29.2 Å². The van der Waals surface area contributed by atoms with Crippen molar-refractivity contribution in [2.45, 2.75) is 33.2 Å². The third-order valence-corrected chi connectivity index (χ3v) is 6.30. The lowest BCUT2D eigenvalue weighted by Gasteiger charge is -2.35. The van der Waals surface area contributed by atoms with Crippen molar-refractivity contribution < 1.29 is 14.4 Å². The maximum absolute atomic E-state index is 13.2. The number of nitrogens with zero attached hydrogens (tertiary/aromatic N) is 5. The molecule has 0 bridgehead atoms. The highest BCUT2D eigenvalue weighted by molar-refractivity contribution is 6.01. The predicted octanol–water partition coefficient (Wildman–Crippen LogP) is 1.46. The molecule has 0 saturated carbocycles. The first-order valence-electron chi connectivity index (χ1n) is 10.9. The van der Waals surface area contributed by atoms with Crippen LogP contribution in [-0.2, 0) is 16.1 Å². The molecule has 0 radical (unpaired) electrons. The van der Waals surface area contributed by atoms with Crippen molar-refractivity contribution >= 4 is 17.7 Å². The molecule has 8 nitrogen and oxygen atoms in total. The Hall–Kier alpha value is -3.00. The van der Waals surface area contributed by atoms with E-state index in [4.69, 9.17) is 0 Å². The van der Waals surface area contributed by atoms with Crippen LogP contribution in [0.3, 0.4) is 0 Å². The van der Waals surface area contributed by atoms with Crippen molar-refractivity contribution in [3.63, 3.8) is 0 Å². The number of piperazine rings is 1. The van der Waals surface area contributed by atoms with Gasteiger partial charge in [0.05, 0.1) is 17.8 Å². The van der Waals surface area contributed by atoms with E-state index >= 15 is 0 Å². The van der Waals surface area contributed by atoms with E-state index in [1.54, 1.807) is 6.20 Å². The summed E-state index contributed by atoms with van der Waals surface area (Å²) in [5, 5.41) is 0. The second-order valence-electron chi connectivity index (χ2n) is 8.26. The topological polar surface area (TPSA) is 78.8 Å². The fourth-order valence-electron chi connectivity index (χ4n) is 4.37. The monoisotopic (exact) mass is 423 g/mol. The van der Waals surface area contributed by atoms with Crippen molar-refractivity contribution in [1.29, 1.82) is 0 Å². The standard InChI is InChI=1S/C23H29N5O3/c1-17-15-20(18(2)28(17)16-19-5-3-4-8-24-19)23(31)26-12-9-25(10-13-26)11-14-27-21(29)6-7-22(27)30/h3-5,8,15H,6-7,9-14,16H2,1-2H3. The number of hydrogen-bond donors (Lipinski definition) is 0. The van der Waals surface area contributed by atoms with Crippen molar-refractivity contribution in [2.75, 3.05) is 39.3 Å². The van der Waals surface area contributed by atoms with Crippen LogP contribution in [0.15, 0.2) is 30.5 Å². The van der Waals surface area contributed by atoms with Gasteiger partial charge in [0, 0.05) is 69.7 Å². The molecular weight excluding hydrogens is 394 g/mol. The number of likely N-dealkylation sites (tertiary alicyclic amines) is 1. The fourth-order valence-corrected chi connectivity index (χ4v) is 4.37. The van der Waals surface area contributed by atoms with Gasteiger partial charge >= 0.3 is 0 Å². The molecule has 4 rings (SSSR count).